The second-order valence-corrected chi connectivity index (χ2v) is 6.29. The SMILES string of the molecule is CCNC(=NCc1ccccc1CN(CC)CC)N1CC[C@@H](O)C1.I. The van der Waals surface area contributed by atoms with E-state index >= 15 is 0 Å². The molecule has 142 valence electrons. The van der Waals surface area contributed by atoms with Crippen molar-refractivity contribution >= 4 is 29.9 Å². The number of rotatable bonds is 7. The first-order valence-corrected chi connectivity index (χ1v) is 9.18. The van der Waals surface area contributed by atoms with Gasteiger partial charge in [0.25, 0.3) is 0 Å². The Bertz CT molecular complexity index is 534. The quantitative estimate of drug-likeness (QED) is 0.373. The molecule has 6 heteroatoms. The molecule has 1 aromatic rings. The summed E-state index contributed by atoms with van der Waals surface area (Å²) in [6, 6.07) is 8.57. The predicted molar refractivity (Wildman–Crippen MR) is 115 cm³/mol. The third-order valence-corrected chi connectivity index (χ3v) is 4.60. The summed E-state index contributed by atoms with van der Waals surface area (Å²) in [5.74, 6) is 0.909. The van der Waals surface area contributed by atoms with Crippen molar-refractivity contribution in [1.82, 2.24) is 15.1 Å². The van der Waals surface area contributed by atoms with Crippen molar-refractivity contribution < 1.29 is 5.11 Å². The van der Waals surface area contributed by atoms with Crippen molar-refractivity contribution in [3.05, 3.63) is 35.4 Å². The van der Waals surface area contributed by atoms with Crippen LogP contribution in [-0.4, -0.2) is 59.7 Å². The standard InChI is InChI=1S/C19H32N4O.HI/c1-4-20-19(23-12-11-18(24)15-23)21-13-16-9-7-8-10-17(16)14-22(5-2)6-3;/h7-10,18,24H,4-6,11-15H2,1-3H3,(H,20,21);1H/t18-;/m1./s1. The molecule has 0 aromatic heterocycles. The lowest BCUT2D eigenvalue weighted by Gasteiger charge is -2.22. The van der Waals surface area contributed by atoms with Gasteiger partial charge in [0, 0.05) is 26.2 Å². The fourth-order valence-electron chi connectivity index (χ4n) is 3.07. The number of β-amino-alcohol motifs (C(OH)–C–C–N with tert-alkyl or cyclic N) is 1. The van der Waals surface area contributed by atoms with Gasteiger partial charge in [0.05, 0.1) is 12.6 Å². The molecule has 0 radical (unpaired) electrons. The van der Waals surface area contributed by atoms with Crippen LogP contribution >= 0.6 is 24.0 Å². The van der Waals surface area contributed by atoms with Crippen molar-refractivity contribution in [1.29, 1.82) is 0 Å². The smallest absolute Gasteiger partial charge is 0.194 e. The third kappa shape index (κ3) is 6.75. The van der Waals surface area contributed by atoms with Gasteiger partial charge in [0.1, 0.15) is 0 Å². The maximum atomic E-state index is 9.77. The summed E-state index contributed by atoms with van der Waals surface area (Å²) in [5, 5.41) is 13.1. The van der Waals surface area contributed by atoms with Crippen LogP contribution in [0.15, 0.2) is 29.3 Å². The van der Waals surface area contributed by atoms with Gasteiger partial charge in [-0.3, -0.25) is 4.90 Å². The molecule has 1 aliphatic rings. The van der Waals surface area contributed by atoms with Gasteiger partial charge in [-0.2, -0.15) is 0 Å². The summed E-state index contributed by atoms with van der Waals surface area (Å²) in [4.78, 5) is 9.40. The largest absolute Gasteiger partial charge is 0.391 e. The molecule has 1 saturated heterocycles. The number of likely N-dealkylation sites (tertiary alicyclic amines) is 1. The normalized spacial score (nSPS) is 17.7. The van der Waals surface area contributed by atoms with E-state index in [-0.39, 0.29) is 30.1 Å². The minimum absolute atomic E-state index is 0. The Balaban J connectivity index is 0.00000312. The summed E-state index contributed by atoms with van der Waals surface area (Å²) < 4.78 is 0. The van der Waals surface area contributed by atoms with Gasteiger partial charge < -0.3 is 15.3 Å². The van der Waals surface area contributed by atoms with Crippen LogP contribution in [0.25, 0.3) is 0 Å². The van der Waals surface area contributed by atoms with Crippen LogP contribution in [-0.2, 0) is 13.1 Å². The number of halogens is 1. The van der Waals surface area contributed by atoms with Crippen LogP contribution in [0.2, 0.25) is 0 Å². The Morgan fingerprint density at radius 1 is 1.24 bits per heavy atom. The van der Waals surface area contributed by atoms with Crippen LogP contribution in [0, 0.1) is 0 Å². The Labute approximate surface area is 169 Å². The second-order valence-electron chi connectivity index (χ2n) is 6.29. The van der Waals surface area contributed by atoms with Gasteiger partial charge in [-0.05, 0) is 37.6 Å². The molecule has 1 aromatic carbocycles. The summed E-state index contributed by atoms with van der Waals surface area (Å²) in [6.45, 7) is 12.6. The molecule has 0 saturated carbocycles. The summed E-state index contributed by atoms with van der Waals surface area (Å²) in [7, 11) is 0. The van der Waals surface area contributed by atoms with Gasteiger partial charge in [-0.25, -0.2) is 4.99 Å². The third-order valence-electron chi connectivity index (χ3n) is 4.60. The molecule has 0 amide bonds. The Morgan fingerprint density at radius 2 is 1.92 bits per heavy atom. The Kier molecular flexibility index (Phi) is 10.4. The first-order chi connectivity index (χ1) is 11.7. The van der Waals surface area contributed by atoms with E-state index in [1.54, 1.807) is 0 Å². The van der Waals surface area contributed by atoms with Crippen molar-refractivity contribution in [2.75, 3.05) is 32.7 Å². The van der Waals surface area contributed by atoms with E-state index < -0.39 is 0 Å². The Hall–Kier alpha value is -0.860. The zero-order valence-electron chi connectivity index (χ0n) is 15.7. The number of guanidine groups is 1. The van der Waals surface area contributed by atoms with E-state index in [2.05, 4.69) is 60.2 Å². The number of aliphatic hydroxyl groups excluding tert-OH is 1. The number of benzene rings is 1. The van der Waals surface area contributed by atoms with E-state index in [9.17, 15) is 5.11 Å². The second kappa shape index (κ2) is 11.7. The average molecular weight is 460 g/mol. The number of aliphatic imine (C=N–C) groups is 1. The highest BCUT2D eigenvalue weighted by atomic mass is 127. The average Bonchev–Trinajstić information content (AvgIpc) is 3.03. The van der Waals surface area contributed by atoms with Crippen LogP contribution in [0.3, 0.4) is 0 Å². The molecule has 0 unspecified atom stereocenters. The first-order valence-electron chi connectivity index (χ1n) is 9.18. The summed E-state index contributed by atoms with van der Waals surface area (Å²) >= 11 is 0. The van der Waals surface area contributed by atoms with Crippen LogP contribution in [0.5, 0.6) is 0 Å². The molecule has 0 bridgehead atoms. The molecule has 5 nitrogen and oxygen atoms in total. The molecule has 2 rings (SSSR count). The van der Waals surface area contributed by atoms with Crippen molar-refractivity contribution in [3.8, 4) is 0 Å². The topological polar surface area (TPSA) is 51.1 Å². The molecule has 25 heavy (non-hydrogen) atoms. The van der Waals surface area contributed by atoms with Crippen molar-refractivity contribution in [2.45, 2.75) is 46.4 Å². The van der Waals surface area contributed by atoms with Crippen molar-refractivity contribution in [2.24, 2.45) is 4.99 Å². The molecule has 1 aliphatic heterocycles. The van der Waals surface area contributed by atoms with Crippen LogP contribution in [0.4, 0.5) is 0 Å². The number of aliphatic hydroxyl groups is 1. The maximum absolute atomic E-state index is 9.77. The predicted octanol–water partition coefficient (Wildman–Crippen LogP) is 2.68. The number of hydrogen-bond acceptors (Lipinski definition) is 3. The van der Waals surface area contributed by atoms with Crippen molar-refractivity contribution in [3.63, 3.8) is 0 Å². The Morgan fingerprint density at radius 3 is 2.48 bits per heavy atom. The van der Waals surface area contributed by atoms with E-state index in [1.807, 2.05) is 0 Å². The molecule has 1 atom stereocenters. The molecule has 1 fully saturated rings. The van der Waals surface area contributed by atoms with Gasteiger partial charge in [-0.15, -0.1) is 24.0 Å². The summed E-state index contributed by atoms with van der Waals surface area (Å²) in [5.41, 5.74) is 2.63. The van der Waals surface area contributed by atoms with Gasteiger partial charge >= 0.3 is 0 Å². The van der Waals surface area contributed by atoms with Crippen LogP contribution in [0.1, 0.15) is 38.3 Å². The fraction of sp³-hybridized carbons (Fsp3) is 0.632. The first kappa shape index (κ1) is 22.2. The van der Waals surface area contributed by atoms with E-state index in [4.69, 9.17) is 4.99 Å². The minimum Gasteiger partial charge on any atom is -0.391 e. The van der Waals surface area contributed by atoms with E-state index in [0.717, 1.165) is 45.1 Å². The van der Waals surface area contributed by atoms with E-state index in [0.29, 0.717) is 13.1 Å². The zero-order valence-corrected chi connectivity index (χ0v) is 18.1. The number of nitrogens with zero attached hydrogens (tertiary/aromatic N) is 3. The molecular formula is C19H33IN4O. The van der Waals surface area contributed by atoms with E-state index in [1.165, 1.54) is 11.1 Å². The maximum Gasteiger partial charge on any atom is 0.194 e. The van der Waals surface area contributed by atoms with Crippen LogP contribution < -0.4 is 5.32 Å². The highest BCUT2D eigenvalue weighted by Crippen LogP contribution is 2.14. The number of hydrogen-bond donors (Lipinski definition) is 2. The monoisotopic (exact) mass is 460 g/mol. The lowest BCUT2D eigenvalue weighted by Crippen LogP contribution is -2.40. The highest BCUT2D eigenvalue weighted by Gasteiger charge is 2.22. The number of nitrogens with one attached hydrogen (secondary N) is 1. The highest BCUT2D eigenvalue weighted by molar-refractivity contribution is 14.0. The molecule has 0 spiro atoms. The fourth-order valence-corrected chi connectivity index (χ4v) is 3.07. The van der Waals surface area contributed by atoms with Gasteiger partial charge in [-0.1, -0.05) is 38.1 Å². The van der Waals surface area contributed by atoms with Gasteiger partial charge in [0.2, 0.25) is 0 Å². The van der Waals surface area contributed by atoms with Gasteiger partial charge in [0.15, 0.2) is 5.96 Å². The molecule has 2 N–H and O–H groups in total. The zero-order chi connectivity index (χ0) is 17.4. The summed E-state index contributed by atoms with van der Waals surface area (Å²) in [6.07, 6.45) is 0.590. The molecule has 0 aliphatic carbocycles. The molecular weight excluding hydrogens is 427 g/mol. The lowest BCUT2D eigenvalue weighted by atomic mass is 10.1. The lowest BCUT2D eigenvalue weighted by molar-refractivity contribution is 0.188. The molecule has 1 heterocycles. The minimum atomic E-state index is -0.233.